The smallest absolute Gasteiger partial charge is 0.251 e. The average Bonchev–Trinajstić information content (AvgIpc) is 2.70. The van der Waals surface area contributed by atoms with Crippen LogP contribution in [-0.4, -0.2) is 50.6 Å². The second kappa shape index (κ2) is 10.3. The Morgan fingerprint density at radius 3 is 2.14 bits per heavy atom. The van der Waals surface area contributed by atoms with Crippen molar-refractivity contribution in [2.45, 2.75) is 13.3 Å². The van der Waals surface area contributed by atoms with Crippen molar-refractivity contribution in [1.82, 2.24) is 10.2 Å². The number of methoxy groups -OCH3 is 2. The van der Waals surface area contributed by atoms with Crippen molar-refractivity contribution < 1.29 is 23.5 Å². The second-order valence-corrected chi connectivity index (χ2v) is 6.24. The summed E-state index contributed by atoms with van der Waals surface area (Å²) in [5.74, 6) is 0.394. The molecule has 0 bridgehead atoms. The van der Waals surface area contributed by atoms with Gasteiger partial charge in [0.2, 0.25) is 5.91 Å². The highest BCUT2D eigenvalue weighted by Gasteiger charge is 2.12. The topological polar surface area (TPSA) is 67.9 Å². The Morgan fingerprint density at radius 2 is 1.61 bits per heavy atom. The van der Waals surface area contributed by atoms with E-state index in [0.717, 1.165) is 5.56 Å². The highest BCUT2D eigenvalue weighted by atomic mass is 19.1. The molecule has 0 saturated carbocycles. The minimum absolute atomic E-state index is 0.0839. The zero-order valence-corrected chi connectivity index (χ0v) is 16.3. The minimum Gasteiger partial charge on any atom is -0.497 e. The van der Waals surface area contributed by atoms with Crippen molar-refractivity contribution >= 4 is 11.8 Å². The number of halogens is 1. The maximum atomic E-state index is 13.0. The van der Waals surface area contributed by atoms with Crippen LogP contribution >= 0.6 is 0 Å². The molecular formula is C21H25FN2O4. The van der Waals surface area contributed by atoms with Gasteiger partial charge in [0.15, 0.2) is 0 Å². The average molecular weight is 388 g/mol. The van der Waals surface area contributed by atoms with Gasteiger partial charge in [0.05, 0.1) is 14.2 Å². The lowest BCUT2D eigenvalue weighted by Gasteiger charge is -2.21. The molecule has 0 aromatic heterocycles. The van der Waals surface area contributed by atoms with Crippen LogP contribution in [0.25, 0.3) is 0 Å². The Labute approximate surface area is 164 Å². The largest absolute Gasteiger partial charge is 0.497 e. The molecule has 0 radical (unpaired) electrons. The van der Waals surface area contributed by atoms with Gasteiger partial charge < -0.3 is 19.7 Å². The number of nitrogens with one attached hydrogen (secondary N) is 1. The van der Waals surface area contributed by atoms with E-state index in [2.05, 4.69) is 5.32 Å². The normalized spacial score (nSPS) is 10.3. The van der Waals surface area contributed by atoms with E-state index in [-0.39, 0.29) is 17.6 Å². The zero-order valence-electron chi connectivity index (χ0n) is 16.3. The number of hydrogen-bond acceptors (Lipinski definition) is 4. The number of benzene rings is 2. The maximum Gasteiger partial charge on any atom is 0.251 e. The zero-order chi connectivity index (χ0) is 20.5. The highest BCUT2D eigenvalue weighted by Crippen LogP contribution is 2.22. The number of amides is 2. The summed E-state index contributed by atoms with van der Waals surface area (Å²) >= 11 is 0. The van der Waals surface area contributed by atoms with Crippen molar-refractivity contribution in [1.29, 1.82) is 0 Å². The SMILES string of the molecule is COc1cc(OC)cc(C(=O)NCCN(CCc2ccc(F)cc2)C(C)=O)c1. The number of carbonyl (C=O) groups is 2. The Kier molecular flexibility index (Phi) is 7.80. The van der Waals surface area contributed by atoms with Crippen LogP contribution in [0.2, 0.25) is 0 Å². The first-order chi connectivity index (χ1) is 13.4. The molecule has 0 aliphatic heterocycles. The standard InChI is InChI=1S/C21H25FN2O4/c1-15(25)24(10-8-16-4-6-18(22)7-5-16)11-9-23-21(26)17-12-19(27-2)14-20(13-17)28-3/h4-7,12-14H,8-11H2,1-3H3,(H,23,26). The van der Waals surface area contributed by atoms with Gasteiger partial charge >= 0.3 is 0 Å². The molecule has 0 aliphatic rings. The monoisotopic (exact) mass is 388 g/mol. The molecular weight excluding hydrogens is 363 g/mol. The summed E-state index contributed by atoms with van der Waals surface area (Å²) < 4.78 is 23.3. The fourth-order valence-electron chi connectivity index (χ4n) is 2.69. The highest BCUT2D eigenvalue weighted by molar-refractivity contribution is 5.95. The fourth-order valence-corrected chi connectivity index (χ4v) is 2.69. The first kappa shape index (κ1) is 21.2. The summed E-state index contributed by atoms with van der Waals surface area (Å²) in [6.45, 7) is 2.66. The van der Waals surface area contributed by atoms with Gasteiger partial charge in [0, 0.05) is 38.2 Å². The van der Waals surface area contributed by atoms with E-state index in [9.17, 15) is 14.0 Å². The van der Waals surface area contributed by atoms with Crippen LogP contribution in [0.5, 0.6) is 11.5 Å². The molecule has 28 heavy (non-hydrogen) atoms. The molecule has 0 saturated heterocycles. The molecule has 6 nitrogen and oxygen atoms in total. The predicted molar refractivity (Wildman–Crippen MR) is 104 cm³/mol. The third-order valence-corrected chi connectivity index (χ3v) is 4.31. The van der Waals surface area contributed by atoms with Gasteiger partial charge in [-0.3, -0.25) is 9.59 Å². The van der Waals surface area contributed by atoms with Gasteiger partial charge in [0.1, 0.15) is 17.3 Å². The number of ether oxygens (including phenoxy) is 2. The molecule has 2 amide bonds. The molecule has 2 aromatic carbocycles. The van der Waals surface area contributed by atoms with Crippen LogP contribution in [-0.2, 0) is 11.2 Å². The fraction of sp³-hybridized carbons (Fsp3) is 0.333. The maximum absolute atomic E-state index is 13.0. The van der Waals surface area contributed by atoms with E-state index < -0.39 is 0 Å². The van der Waals surface area contributed by atoms with Crippen LogP contribution in [0.4, 0.5) is 4.39 Å². The van der Waals surface area contributed by atoms with Gasteiger partial charge in [-0.25, -0.2) is 4.39 Å². The summed E-state index contributed by atoms with van der Waals surface area (Å²) in [4.78, 5) is 25.9. The number of carbonyl (C=O) groups excluding carboxylic acids is 2. The molecule has 7 heteroatoms. The van der Waals surface area contributed by atoms with Crippen LogP contribution in [0.15, 0.2) is 42.5 Å². The molecule has 0 spiro atoms. The van der Waals surface area contributed by atoms with Crippen molar-refractivity contribution in [2.75, 3.05) is 33.9 Å². The molecule has 0 aliphatic carbocycles. The third-order valence-electron chi connectivity index (χ3n) is 4.31. The molecule has 0 fully saturated rings. The summed E-state index contributed by atoms with van der Waals surface area (Å²) in [6.07, 6.45) is 0.612. The summed E-state index contributed by atoms with van der Waals surface area (Å²) in [7, 11) is 3.03. The van der Waals surface area contributed by atoms with E-state index >= 15 is 0 Å². The van der Waals surface area contributed by atoms with Crippen LogP contribution in [0.1, 0.15) is 22.8 Å². The summed E-state index contributed by atoms with van der Waals surface area (Å²) in [6, 6.07) is 11.1. The molecule has 0 heterocycles. The Balaban J connectivity index is 1.89. The second-order valence-electron chi connectivity index (χ2n) is 6.24. The molecule has 1 N–H and O–H groups in total. The quantitative estimate of drug-likeness (QED) is 0.717. The minimum atomic E-state index is -0.288. The van der Waals surface area contributed by atoms with Gasteiger partial charge in [-0.05, 0) is 36.2 Å². The van der Waals surface area contributed by atoms with Crippen molar-refractivity contribution in [3.63, 3.8) is 0 Å². The van der Waals surface area contributed by atoms with E-state index in [4.69, 9.17) is 9.47 Å². The number of nitrogens with zero attached hydrogens (tertiary/aromatic N) is 1. The van der Waals surface area contributed by atoms with Gasteiger partial charge in [-0.15, -0.1) is 0 Å². The predicted octanol–water partition coefficient (Wildman–Crippen LogP) is 2.66. The lowest BCUT2D eigenvalue weighted by atomic mass is 10.1. The molecule has 2 aromatic rings. The third kappa shape index (κ3) is 6.26. The van der Waals surface area contributed by atoms with Crippen LogP contribution in [0, 0.1) is 5.82 Å². The van der Waals surface area contributed by atoms with Gasteiger partial charge in [-0.1, -0.05) is 12.1 Å². The van der Waals surface area contributed by atoms with Gasteiger partial charge in [0.25, 0.3) is 5.91 Å². The Bertz CT molecular complexity index is 786. The summed E-state index contributed by atoms with van der Waals surface area (Å²) in [5, 5.41) is 2.80. The van der Waals surface area contributed by atoms with E-state index in [1.165, 1.54) is 33.3 Å². The Hall–Kier alpha value is -3.09. The van der Waals surface area contributed by atoms with E-state index in [1.807, 2.05) is 0 Å². The summed E-state index contributed by atoms with van der Waals surface area (Å²) in [5.41, 5.74) is 1.36. The lowest BCUT2D eigenvalue weighted by Crippen LogP contribution is -2.38. The van der Waals surface area contributed by atoms with E-state index in [1.54, 1.807) is 35.2 Å². The lowest BCUT2D eigenvalue weighted by molar-refractivity contribution is -0.128. The van der Waals surface area contributed by atoms with Crippen LogP contribution in [0.3, 0.4) is 0 Å². The first-order valence-corrected chi connectivity index (χ1v) is 8.94. The van der Waals surface area contributed by atoms with Crippen molar-refractivity contribution in [2.24, 2.45) is 0 Å². The number of hydrogen-bond donors (Lipinski definition) is 1. The Morgan fingerprint density at radius 1 is 1.00 bits per heavy atom. The van der Waals surface area contributed by atoms with E-state index in [0.29, 0.717) is 43.1 Å². The van der Waals surface area contributed by atoms with Crippen LogP contribution < -0.4 is 14.8 Å². The van der Waals surface area contributed by atoms with Crippen molar-refractivity contribution in [3.05, 3.63) is 59.4 Å². The molecule has 0 atom stereocenters. The van der Waals surface area contributed by atoms with Crippen molar-refractivity contribution in [3.8, 4) is 11.5 Å². The molecule has 150 valence electrons. The number of rotatable bonds is 9. The van der Waals surface area contributed by atoms with Gasteiger partial charge in [-0.2, -0.15) is 0 Å². The molecule has 0 unspecified atom stereocenters. The first-order valence-electron chi connectivity index (χ1n) is 8.94. The molecule has 2 rings (SSSR count).